The second-order valence-electron chi connectivity index (χ2n) is 4.30. The van der Waals surface area contributed by atoms with Crippen molar-refractivity contribution in [3.63, 3.8) is 0 Å². The summed E-state index contributed by atoms with van der Waals surface area (Å²) in [4.78, 5) is 14.1. The molecule has 0 aliphatic heterocycles. The molecular formula is C14H21ClN2O. The van der Waals surface area contributed by atoms with E-state index >= 15 is 0 Å². The van der Waals surface area contributed by atoms with Crippen LogP contribution < -0.4 is 5.32 Å². The van der Waals surface area contributed by atoms with Crippen LogP contribution in [0.15, 0.2) is 18.2 Å². The third-order valence-corrected chi connectivity index (χ3v) is 3.01. The van der Waals surface area contributed by atoms with Gasteiger partial charge in [0.05, 0.1) is 5.56 Å². The van der Waals surface area contributed by atoms with Crippen molar-refractivity contribution in [3.8, 4) is 0 Å². The lowest BCUT2D eigenvalue weighted by Gasteiger charge is -2.19. The fourth-order valence-electron chi connectivity index (χ4n) is 1.74. The Labute approximate surface area is 114 Å². The van der Waals surface area contributed by atoms with Crippen LogP contribution in [0.2, 0.25) is 5.02 Å². The zero-order valence-corrected chi connectivity index (χ0v) is 12.0. The summed E-state index contributed by atoms with van der Waals surface area (Å²) >= 11 is 5.97. The summed E-state index contributed by atoms with van der Waals surface area (Å²) in [6.07, 6.45) is 2.09. The molecule has 0 aliphatic carbocycles. The van der Waals surface area contributed by atoms with Crippen molar-refractivity contribution in [2.75, 3.05) is 25.5 Å². The number of nitrogens with one attached hydrogen (secondary N) is 1. The molecule has 100 valence electrons. The first kappa shape index (κ1) is 14.8. The molecule has 0 fully saturated rings. The van der Waals surface area contributed by atoms with Gasteiger partial charge in [-0.3, -0.25) is 4.79 Å². The second kappa shape index (κ2) is 7.27. The molecule has 0 aromatic heterocycles. The molecule has 4 heteroatoms. The molecule has 1 aromatic rings. The summed E-state index contributed by atoms with van der Waals surface area (Å²) in [5, 5.41) is 3.78. The summed E-state index contributed by atoms with van der Waals surface area (Å²) < 4.78 is 0. The number of hydrogen-bond donors (Lipinski definition) is 1. The Morgan fingerprint density at radius 3 is 2.72 bits per heavy atom. The highest BCUT2D eigenvalue weighted by Gasteiger charge is 2.15. The van der Waals surface area contributed by atoms with Gasteiger partial charge in [-0.1, -0.05) is 24.9 Å². The first-order chi connectivity index (χ1) is 8.60. The van der Waals surface area contributed by atoms with E-state index in [1.807, 2.05) is 20.0 Å². The summed E-state index contributed by atoms with van der Waals surface area (Å²) in [5.74, 6) is 0.0156. The van der Waals surface area contributed by atoms with Gasteiger partial charge in [0.1, 0.15) is 0 Å². The number of rotatable bonds is 6. The zero-order chi connectivity index (χ0) is 13.5. The number of anilines is 1. The monoisotopic (exact) mass is 268 g/mol. The fraction of sp³-hybridized carbons (Fsp3) is 0.500. The lowest BCUT2D eigenvalue weighted by molar-refractivity contribution is 0.0794. The maximum absolute atomic E-state index is 12.3. The Balaban J connectivity index is 2.91. The average molecular weight is 269 g/mol. The number of benzene rings is 1. The number of unbranched alkanes of at least 4 members (excludes halogenated alkanes) is 1. The molecule has 0 spiro atoms. The molecule has 1 rings (SSSR count). The molecule has 0 unspecified atom stereocenters. The van der Waals surface area contributed by atoms with E-state index in [2.05, 4.69) is 12.2 Å². The molecule has 18 heavy (non-hydrogen) atoms. The van der Waals surface area contributed by atoms with Crippen molar-refractivity contribution in [1.29, 1.82) is 0 Å². The topological polar surface area (TPSA) is 32.3 Å². The van der Waals surface area contributed by atoms with Crippen molar-refractivity contribution >= 4 is 23.2 Å². The molecular weight excluding hydrogens is 248 g/mol. The number of amides is 1. The first-order valence-electron chi connectivity index (χ1n) is 6.39. The van der Waals surface area contributed by atoms with Gasteiger partial charge < -0.3 is 10.2 Å². The standard InChI is InChI=1S/C14H21ClN2O/c1-4-6-9-17(3)14(18)12-10-11(15)7-8-13(12)16-5-2/h7-8,10,16H,4-6,9H2,1-3H3. The third-order valence-electron chi connectivity index (χ3n) is 2.77. The number of nitrogens with zero attached hydrogens (tertiary/aromatic N) is 1. The quantitative estimate of drug-likeness (QED) is 0.854. The van der Waals surface area contributed by atoms with Crippen LogP contribution in [0.3, 0.4) is 0 Å². The van der Waals surface area contributed by atoms with Crippen molar-refractivity contribution in [1.82, 2.24) is 4.90 Å². The van der Waals surface area contributed by atoms with Gasteiger partial charge >= 0.3 is 0 Å². The Morgan fingerprint density at radius 2 is 2.11 bits per heavy atom. The van der Waals surface area contributed by atoms with Crippen LogP contribution in [0.25, 0.3) is 0 Å². The highest BCUT2D eigenvalue weighted by atomic mass is 35.5. The Morgan fingerprint density at radius 1 is 1.39 bits per heavy atom. The van der Waals surface area contributed by atoms with Crippen LogP contribution in [0.5, 0.6) is 0 Å². The van der Waals surface area contributed by atoms with Gasteiger partial charge in [0, 0.05) is 30.8 Å². The van der Waals surface area contributed by atoms with E-state index in [1.54, 1.807) is 17.0 Å². The van der Waals surface area contributed by atoms with Crippen LogP contribution in [-0.4, -0.2) is 30.9 Å². The van der Waals surface area contributed by atoms with E-state index in [-0.39, 0.29) is 5.91 Å². The van der Waals surface area contributed by atoms with Gasteiger partial charge in [-0.15, -0.1) is 0 Å². The van der Waals surface area contributed by atoms with Gasteiger partial charge in [-0.05, 0) is 31.5 Å². The lowest BCUT2D eigenvalue weighted by Crippen LogP contribution is -2.28. The van der Waals surface area contributed by atoms with E-state index in [1.165, 1.54) is 0 Å². The molecule has 0 heterocycles. The maximum Gasteiger partial charge on any atom is 0.255 e. The van der Waals surface area contributed by atoms with Crippen molar-refractivity contribution < 1.29 is 4.79 Å². The summed E-state index contributed by atoms with van der Waals surface area (Å²) in [6, 6.07) is 5.37. The predicted molar refractivity (Wildman–Crippen MR) is 77.5 cm³/mol. The minimum Gasteiger partial charge on any atom is -0.385 e. The third kappa shape index (κ3) is 3.91. The fourth-order valence-corrected chi connectivity index (χ4v) is 1.91. The Bertz CT molecular complexity index is 407. The first-order valence-corrected chi connectivity index (χ1v) is 6.76. The predicted octanol–water partition coefficient (Wildman–Crippen LogP) is 3.64. The Kier molecular flexibility index (Phi) is 5.99. The highest BCUT2D eigenvalue weighted by Crippen LogP contribution is 2.22. The molecule has 0 saturated heterocycles. The van der Waals surface area contributed by atoms with Gasteiger partial charge in [0.25, 0.3) is 5.91 Å². The van der Waals surface area contributed by atoms with Gasteiger partial charge in [0.2, 0.25) is 0 Å². The van der Waals surface area contributed by atoms with Crippen LogP contribution in [-0.2, 0) is 0 Å². The van der Waals surface area contributed by atoms with Gasteiger partial charge in [0.15, 0.2) is 0 Å². The molecule has 0 radical (unpaired) electrons. The molecule has 1 amide bonds. The largest absolute Gasteiger partial charge is 0.385 e. The number of hydrogen-bond acceptors (Lipinski definition) is 2. The summed E-state index contributed by atoms with van der Waals surface area (Å²) in [6.45, 7) is 5.67. The van der Waals surface area contributed by atoms with Crippen molar-refractivity contribution in [2.24, 2.45) is 0 Å². The van der Waals surface area contributed by atoms with Crippen LogP contribution in [0.4, 0.5) is 5.69 Å². The summed E-state index contributed by atoms with van der Waals surface area (Å²) in [5.41, 5.74) is 1.48. The molecule has 0 aliphatic rings. The highest BCUT2D eigenvalue weighted by molar-refractivity contribution is 6.31. The maximum atomic E-state index is 12.3. The lowest BCUT2D eigenvalue weighted by atomic mass is 10.1. The van der Waals surface area contributed by atoms with E-state index in [0.717, 1.165) is 31.6 Å². The van der Waals surface area contributed by atoms with Crippen molar-refractivity contribution in [2.45, 2.75) is 26.7 Å². The smallest absolute Gasteiger partial charge is 0.255 e. The molecule has 1 aromatic carbocycles. The Hall–Kier alpha value is -1.22. The minimum atomic E-state index is 0.0156. The molecule has 1 N–H and O–H groups in total. The second-order valence-corrected chi connectivity index (χ2v) is 4.74. The van der Waals surface area contributed by atoms with E-state index in [9.17, 15) is 4.79 Å². The van der Waals surface area contributed by atoms with Crippen molar-refractivity contribution in [3.05, 3.63) is 28.8 Å². The van der Waals surface area contributed by atoms with Gasteiger partial charge in [-0.25, -0.2) is 0 Å². The zero-order valence-electron chi connectivity index (χ0n) is 11.3. The van der Waals surface area contributed by atoms with Crippen LogP contribution in [0, 0.1) is 0 Å². The van der Waals surface area contributed by atoms with E-state index in [4.69, 9.17) is 11.6 Å². The average Bonchev–Trinajstić information content (AvgIpc) is 2.37. The molecule has 0 bridgehead atoms. The summed E-state index contributed by atoms with van der Waals surface area (Å²) in [7, 11) is 1.83. The van der Waals surface area contributed by atoms with Crippen LogP contribution in [0.1, 0.15) is 37.0 Å². The number of carbonyl (C=O) groups is 1. The number of halogens is 1. The minimum absolute atomic E-state index is 0.0156. The molecule has 3 nitrogen and oxygen atoms in total. The van der Waals surface area contributed by atoms with E-state index in [0.29, 0.717) is 10.6 Å². The van der Waals surface area contributed by atoms with Gasteiger partial charge in [-0.2, -0.15) is 0 Å². The number of carbonyl (C=O) groups excluding carboxylic acids is 1. The normalized spacial score (nSPS) is 10.2. The molecule has 0 atom stereocenters. The SMILES string of the molecule is CCCCN(C)C(=O)c1cc(Cl)ccc1NCC. The van der Waals surface area contributed by atoms with Crippen LogP contribution >= 0.6 is 11.6 Å². The molecule has 0 saturated carbocycles. The van der Waals surface area contributed by atoms with E-state index < -0.39 is 0 Å².